The minimum absolute atomic E-state index is 0.153. The maximum absolute atomic E-state index is 11.9. The van der Waals surface area contributed by atoms with Crippen LogP contribution in [0, 0.1) is 5.41 Å². The van der Waals surface area contributed by atoms with Gasteiger partial charge in [-0.1, -0.05) is 6.42 Å². The molecule has 5 nitrogen and oxygen atoms in total. The molecule has 0 aromatic heterocycles. The average molecular weight is 276 g/mol. The van der Waals surface area contributed by atoms with Crippen LogP contribution in [0.1, 0.15) is 30.7 Å². The van der Waals surface area contributed by atoms with Gasteiger partial charge in [-0.2, -0.15) is 0 Å². The SMILES string of the molecule is COc1cc(OC)cc(C2CCCC23C(=O)OC3=O)c1. The normalized spacial score (nSPS) is 23.4. The van der Waals surface area contributed by atoms with Gasteiger partial charge in [-0.05, 0) is 30.5 Å². The molecule has 0 amide bonds. The van der Waals surface area contributed by atoms with Crippen molar-refractivity contribution in [2.75, 3.05) is 14.2 Å². The zero-order valence-corrected chi connectivity index (χ0v) is 11.5. The van der Waals surface area contributed by atoms with Gasteiger partial charge in [-0.3, -0.25) is 9.59 Å². The van der Waals surface area contributed by atoms with Crippen LogP contribution in [0.25, 0.3) is 0 Å². The molecule has 2 fully saturated rings. The Labute approximate surface area is 116 Å². The lowest BCUT2D eigenvalue weighted by molar-refractivity contribution is -0.197. The van der Waals surface area contributed by atoms with E-state index in [1.807, 2.05) is 12.1 Å². The highest BCUT2D eigenvalue weighted by Crippen LogP contribution is 2.56. The first-order valence-electron chi connectivity index (χ1n) is 6.61. The zero-order chi connectivity index (χ0) is 14.3. The molecule has 1 aliphatic heterocycles. The lowest BCUT2D eigenvalue weighted by atomic mass is 9.71. The lowest BCUT2D eigenvalue weighted by Crippen LogP contribution is -2.54. The van der Waals surface area contributed by atoms with Gasteiger partial charge in [-0.25, -0.2) is 0 Å². The fourth-order valence-electron chi connectivity index (χ4n) is 3.28. The highest BCUT2D eigenvalue weighted by Gasteiger charge is 2.65. The second-order valence-corrected chi connectivity index (χ2v) is 5.24. The van der Waals surface area contributed by atoms with E-state index >= 15 is 0 Å². The van der Waals surface area contributed by atoms with E-state index in [9.17, 15) is 9.59 Å². The summed E-state index contributed by atoms with van der Waals surface area (Å²) in [6.07, 6.45) is 2.19. The molecule has 1 spiro atoms. The Morgan fingerprint density at radius 3 is 2.20 bits per heavy atom. The molecule has 1 aliphatic carbocycles. The Balaban J connectivity index is 2.04. The standard InChI is InChI=1S/C15H16O5/c1-18-10-6-9(7-11(8-10)19-2)12-4-3-5-15(12)13(16)20-14(15)17/h6-8,12H,3-5H2,1-2H3. The lowest BCUT2D eigenvalue weighted by Gasteiger charge is -2.37. The topological polar surface area (TPSA) is 61.8 Å². The van der Waals surface area contributed by atoms with Crippen molar-refractivity contribution in [1.82, 2.24) is 0 Å². The van der Waals surface area contributed by atoms with Gasteiger partial charge in [0.05, 0.1) is 14.2 Å². The number of carbonyl (C=O) groups excluding carboxylic acids is 2. The monoisotopic (exact) mass is 276 g/mol. The van der Waals surface area contributed by atoms with Gasteiger partial charge < -0.3 is 14.2 Å². The molecule has 1 atom stereocenters. The van der Waals surface area contributed by atoms with E-state index < -0.39 is 17.4 Å². The van der Waals surface area contributed by atoms with Crippen LogP contribution in [-0.2, 0) is 14.3 Å². The van der Waals surface area contributed by atoms with Crippen molar-refractivity contribution in [3.05, 3.63) is 23.8 Å². The molecular weight excluding hydrogens is 260 g/mol. The molecule has 0 N–H and O–H groups in total. The van der Waals surface area contributed by atoms with Gasteiger partial charge in [0.25, 0.3) is 0 Å². The number of carbonyl (C=O) groups is 2. The van der Waals surface area contributed by atoms with Crippen LogP contribution in [0.2, 0.25) is 0 Å². The maximum Gasteiger partial charge on any atom is 0.331 e. The number of ether oxygens (including phenoxy) is 3. The van der Waals surface area contributed by atoms with Crippen molar-refractivity contribution in [2.24, 2.45) is 5.41 Å². The predicted octanol–water partition coefficient (Wildman–Crippen LogP) is 2.04. The number of rotatable bonds is 3. The predicted molar refractivity (Wildman–Crippen MR) is 69.7 cm³/mol. The largest absolute Gasteiger partial charge is 0.497 e. The highest BCUT2D eigenvalue weighted by molar-refractivity contribution is 6.15. The van der Waals surface area contributed by atoms with Crippen molar-refractivity contribution in [3.63, 3.8) is 0 Å². The molecule has 0 bridgehead atoms. The van der Waals surface area contributed by atoms with E-state index in [0.717, 1.165) is 18.4 Å². The quantitative estimate of drug-likeness (QED) is 0.624. The first-order valence-corrected chi connectivity index (χ1v) is 6.61. The maximum atomic E-state index is 11.9. The fraction of sp³-hybridized carbons (Fsp3) is 0.467. The van der Waals surface area contributed by atoms with Crippen molar-refractivity contribution < 1.29 is 23.8 Å². The Kier molecular flexibility index (Phi) is 2.92. The van der Waals surface area contributed by atoms with E-state index in [-0.39, 0.29) is 5.92 Å². The molecule has 1 aromatic rings. The first-order chi connectivity index (χ1) is 9.61. The second kappa shape index (κ2) is 4.51. The van der Waals surface area contributed by atoms with E-state index in [4.69, 9.17) is 9.47 Å². The average Bonchev–Trinajstić information content (AvgIpc) is 2.95. The number of hydrogen-bond donors (Lipinski definition) is 0. The summed E-state index contributed by atoms with van der Waals surface area (Å²) in [5.74, 6) is 0.363. The molecule has 106 valence electrons. The smallest absolute Gasteiger partial charge is 0.331 e. The van der Waals surface area contributed by atoms with Gasteiger partial charge in [0, 0.05) is 12.0 Å². The number of hydrogen-bond acceptors (Lipinski definition) is 5. The highest BCUT2D eigenvalue weighted by atomic mass is 16.6. The Morgan fingerprint density at radius 2 is 1.70 bits per heavy atom. The molecule has 1 unspecified atom stereocenters. The first kappa shape index (κ1) is 13.0. The Hall–Kier alpha value is -2.04. The Morgan fingerprint density at radius 1 is 1.10 bits per heavy atom. The number of benzene rings is 1. The fourth-order valence-corrected chi connectivity index (χ4v) is 3.28. The molecular formula is C15H16O5. The summed E-state index contributed by atoms with van der Waals surface area (Å²) in [6, 6.07) is 5.49. The minimum Gasteiger partial charge on any atom is -0.497 e. The van der Waals surface area contributed by atoms with Crippen LogP contribution in [0.3, 0.4) is 0 Å². The molecule has 1 aromatic carbocycles. The van der Waals surface area contributed by atoms with E-state index in [0.29, 0.717) is 17.9 Å². The number of methoxy groups -OCH3 is 2. The van der Waals surface area contributed by atoms with Crippen LogP contribution in [-0.4, -0.2) is 26.2 Å². The number of cyclic esters (lactones) is 2. The summed E-state index contributed by atoms with van der Waals surface area (Å²) in [6.45, 7) is 0. The number of esters is 2. The molecule has 20 heavy (non-hydrogen) atoms. The third kappa shape index (κ3) is 1.62. The summed E-state index contributed by atoms with van der Waals surface area (Å²) >= 11 is 0. The minimum atomic E-state index is -0.975. The second-order valence-electron chi connectivity index (χ2n) is 5.24. The van der Waals surface area contributed by atoms with Crippen LogP contribution in [0.15, 0.2) is 18.2 Å². The molecule has 0 radical (unpaired) electrons. The van der Waals surface area contributed by atoms with Gasteiger partial charge in [-0.15, -0.1) is 0 Å². The van der Waals surface area contributed by atoms with Gasteiger partial charge in [0.2, 0.25) is 0 Å². The summed E-state index contributed by atoms with van der Waals surface area (Å²) < 4.78 is 15.1. The van der Waals surface area contributed by atoms with E-state index in [1.54, 1.807) is 20.3 Å². The van der Waals surface area contributed by atoms with Gasteiger partial charge >= 0.3 is 11.9 Å². The summed E-state index contributed by atoms with van der Waals surface area (Å²) in [7, 11) is 3.15. The van der Waals surface area contributed by atoms with Crippen molar-refractivity contribution in [1.29, 1.82) is 0 Å². The zero-order valence-electron chi connectivity index (χ0n) is 11.5. The molecule has 1 saturated heterocycles. The molecule has 1 saturated carbocycles. The van der Waals surface area contributed by atoms with E-state index in [1.165, 1.54) is 0 Å². The van der Waals surface area contributed by atoms with Crippen LogP contribution >= 0.6 is 0 Å². The van der Waals surface area contributed by atoms with Crippen molar-refractivity contribution in [3.8, 4) is 11.5 Å². The Bertz CT molecular complexity index is 541. The molecule has 3 rings (SSSR count). The van der Waals surface area contributed by atoms with Crippen LogP contribution in [0.4, 0.5) is 0 Å². The van der Waals surface area contributed by atoms with Crippen LogP contribution in [0.5, 0.6) is 11.5 Å². The van der Waals surface area contributed by atoms with Gasteiger partial charge in [0.1, 0.15) is 11.5 Å². The van der Waals surface area contributed by atoms with Crippen molar-refractivity contribution in [2.45, 2.75) is 25.2 Å². The summed E-state index contributed by atoms with van der Waals surface area (Å²) in [4.78, 5) is 23.7. The molecule has 1 heterocycles. The third-order valence-corrected chi connectivity index (χ3v) is 4.35. The molecule has 5 heteroatoms. The summed E-state index contributed by atoms with van der Waals surface area (Å²) in [5, 5.41) is 0. The van der Waals surface area contributed by atoms with Crippen molar-refractivity contribution >= 4 is 11.9 Å². The van der Waals surface area contributed by atoms with E-state index in [2.05, 4.69) is 4.74 Å². The van der Waals surface area contributed by atoms with Crippen LogP contribution < -0.4 is 9.47 Å². The van der Waals surface area contributed by atoms with Gasteiger partial charge in [0.15, 0.2) is 5.41 Å². The third-order valence-electron chi connectivity index (χ3n) is 4.35. The summed E-state index contributed by atoms with van der Waals surface area (Å²) in [5.41, 5.74) is -0.0825. The molecule has 2 aliphatic rings.